The van der Waals surface area contributed by atoms with Gasteiger partial charge in [-0.3, -0.25) is 9.59 Å². The lowest BCUT2D eigenvalue weighted by atomic mass is 9.85. The molecule has 192 valence electrons. The molecule has 2 aromatic rings. The fourth-order valence-corrected chi connectivity index (χ4v) is 5.27. The minimum Gasteiger partial charge on any atom is -0.342 e. The molecule has 8 heteroatoms. The summed E-state index contributed by atoms with van der Waals surface area (Å²) in [5.41, 5.74) is 2.18. The molecule has 4 rings (SSSR count). The predicted molar refractivity (Wildman–Crippen MR) is 142 cm³/mol. The molecular weight excluding hydrogens is 454 g/mol. The minimum absolute atomic E-state index is 0.0259. The maximum absolute atomic E-state index is 13.8. The summed E-state index contributed by atoms with van der Waals surface area (Å²) in [5.74, 6) is -0.0635. The van der Waals surface area contributed by atoms with E-state index in [9.17, 15) is 14.4 Å². The number of aryl methyl sites for hydroxylation is 1. The number of urea groups is 1. The number of benzene rings is 2. The van der Waals surface area contributed by atoms with Crippen molar-refractivity contribution < 1.29 is 14.4 Å². The molecule has 2 aromatic carbocycles. The summed E-state index contributed by atoms with van der Waals surface area (Å²) in [4.78, 5) is 47.0. The number of nitrogens with one attached hydrogen (secondary N) is 1. The molecule has 0 atom stereocenters. The van der Waals surface area contributed by atoms with Gasteiger partial charge < -0.3 is 24.9 Å². The number of amides is 4. The summed E-state index contributed by atoms with van der Waals surface area (Å²) < 4.78 is 0. The van der Waals surface area contributed by atoms with Gasteiger partial charge >= 0.3 is 6.03 Å². The van der Waals surface area contributed by atoms with E-state index >= 15 is 0 Å². The quantitative estimate of drug-likeness (QED) is 0.640. The number of carbonyl (C=O) groups is 3. The Hall–Kier alpha value is -3.55. The van der Waals surface area contributed by atoms with Gasteiger partial charge in [0, 0.05) is 37.6 Å². The summed E-state index contributed by atoms with van der Waals surface area (Å²) in [5, 5.41) is 2.98. The van der Waals surface area contributed by atoms with Gasteiger partial charge in [0.1, 0.15) is 12.1 Å². The van der Waals surface area contributed by atoms with Crippen molar-refractivity contribution in [2.45, 2.75) is 45.6 Å². The van der Waals surface area contributed by atoms with Crippen molar-refractivity contribution in [3.8, 4) is 0 Å². The smallest absolute Gasteiger partial charge is 0.321 e. The number of para-hydroxylation sites is 1. The number of hydrogen-bond donors (Lipinski definition) is 1. The molecule has 1 N–H and O–H groups in total. The molecule has 2 fully saturated rings. The number of likely N-dealkylation sites (tertiary alicyclic amines) is 1. The molecule has 0 radical (unpaired) electrons. The number of piperidine rings is 1. The highest BCUT2D eigenvalue weighted by Gasteiger charge is 2.54. The number of rotatable bonds is 7. The lowest BCUT2D eigenvalue weighted by molar-refractivity contribution is -0.140. The Labute approximate surface area is 213 Å². The van der Waals surface area contributed by atoms with Gasteiger partial charge in [0.2, 0.25) is 5.91 Å². The predicted octanol–water partition coefficient (Wildman–Crippen LogP) is 3.79. The highest BCUT2D eigenvalue weighted by Crippen LogP contribution is 2.39. The average Bonchev–Trinajstić information content (AvgIpc) is 3.16. The van der Waals surface area contributed by atoms with Gasteiger partial charge in [-0.05, 0) is 62.9 Å². The second kappa shape index (κ2) is 11.0. The minimum atomic E-state index is -0.759. The van der Waals surface area contributed by atoms with E-state index in [1.54, 1.807) is 14.7 Å². The molecular formula is C28H37N5O3. The lowest BCUT2D eigenvalue weighted by Gasteiger charge is -2.43. The van der Waals surface area contributed by atoms with E-state index in [0.717, 1.165) is 17.8 Å². The van der Waals surface area contributed by atoms with Gasteiger partial charge in [-0.25, -0.2) is 4.79 Å². The third-order valence-corrected chi connectivity index (χ3v) is 7.52. The Balaban J connectivity index is 1.49. The van der Waals surface area contributed by atoms with Gasteiger partial charge in [-0.1, -0.05) is 37.3 Å². The number of anilines is 2. The molecule has 1 spiro atoms. The first-order valence-electron chi connectivity index (χ1n) is 13.0. The zero-order valence-electron chi connectivity index (χ0n) is 21.6. The topological polar surface area (TPSA) is 76.2 Å². The highest BCUT2D eigenvalue weighted by atomic mass is 16.2. The first-order chi connectivity index (χ1) is 17.4. The van der Waals surface area contributed by atoms with Crippen molar-refractivity contribution in [1.82, 2.24) is 14.7 Å². The Kier molecular flexibility index (Phi) is 7.82. The Bertz CT molecular complexity index is 1060. The zero-order valence-corrected chi connectivity index (χ0v) is 21.6. The molecule has 0 bridgehead atoms. The van der Waals surface area contributed by atoms with Crippen LogP contribution in [0, 0.1) is 0 Å². The number of carbonyl (C=O) groups excluding carboxylic acids is 3. The van der Waals surface area contributed by atoms with Gasteiger partial charge in [0.15, 0.2) is 0 Å². The molecule has 2 heterocycles. The molecule has 0 aromatic heterocycles. The lowest BCUT2D eigenvalue weighted by Crippen LogP contribution is -2.58. The second-order valence-electron chi connectivity index (χ2n) is 9.47. The largest absolute Gasteiger partial charge is 0.342 e. The Morgan fingerprint density at radius 3 is 2.17 bits per heavy atom. The number of hydrogen-bond acceptors (Lipinski definition) is 4. The van der Waals surface area contributed by atoms with Crippen molar-refractivity contribution in [1.29, 1.82) is 0 Å². The molecule has 36 heavy (non-hydrogen) atoms. The average molecular weight is 492 g/mol. The van der Waals surface area contributed by atoms with Gasteiger partial charge in [-0.15, -0.1) is 0 Å². The Morgan fingerprint density at radius 2 is 1.58 bits per heavy atom. The van der Waals surface area contributed by atoms with Crippen molar-refractivity contribution in [2.24, 2.45) is 0 Å². The third-order valence-electron chi connectivity index (χ3n) is 7.52. The van der Waals surface area contributed by atoms with Crippen LogP contribution in [0.4, 0.5) is 16.2 Å². The standard InChI is InChI=1S/C28H37N5O3/c1-4-22-12-14-23(15-13-22)29-27(36)31-18-16-28(17-19-31)26(35)32(20-25(34)30(5-2)6-3)21-33(28)24-10-8-7-9-11-24/h7-15H,4-6,16-21H2,1-3H3,(H,29,36). The molecule has 0 unspecified atom stereocenters. The van der Waals surface area contributed by atoms with E-state index in [0.29, 0.717) is 45.7 Å². The van der Waals surface area contributed by atoms with E-state index in [4.69, 9.17) is 0 Å². The first-order valence-corrected chi connectivity index (χ1v) is 13.0. The summed E-state index contributed by atoms with van der Waals surface area (Å²) in [6, 6.07) is 17.6. The third kappa shape index (κ3) is 5.03. The summed E-state index contributed by atoms with van der Waals surface area (Å²) in [7, 11) is 0. The van der Waals surface area contributed by atoms with Gasteiger partial charge in [-0.2, -0.15) is 0 Å². The van der Waals surface area contributed by atoms with E-state index in [1.165, 1.54) is 5.56 Å². The van der Waals surface area contributed by atoms with E-state index < -0.39 is 5.54 Å². The van der Waals surface area contributed by atoms with Crippen LogP contribution in [0.25, 0.3) is 0 Å². The molecule has 8 nitrogen and oxygen atoms in total. The van der Waals surface area contributed by atoms with Crippen LogP contribution in [0.3, 0.4) is 0 Å². The summed E-state index contributed by atoms with van der Waals surface area (Å²) in [6.07, 6.45) is 1.98. The SMILES string of the molecule is CCc1ccc(NC(=O)N2CCC3(CC2)C(=O)N(CC(=O)N(CC)CC)CN3c2ccccc2)cc1. The van der Waals surface area contributed by atoms with Crippen LogP contribution in [0.2, 0.25) is 0 Å². The van der Waals surface area contributed by atoms with Crippen molar-refractivity contribution >= 4 is 29.2 Å². The monoisotopic (exact) mass is 491 g/mol. The van der Waals surface area contributed by atoms with Crippen LogP contribution in [0.5, 0.6) is 0 Å². The fourth-order valence-electron chi connectivity index (χ4n) is 5.27. The number of nitrogens with zero attached hydrogens (tertiary/aromatic N) is 4. The fraction of sp³-hybridized carbons (Fsp3) is 0.464. The highest BCUT2D eigenvalue weighted by molar-refractivity contribution is 5.97. The van der Waals surface area contributed by atoms with Crippen molar-refractivity contribution in [3.63, 3.8) is 0 Å². The molecule has 4 amide bonds. The van der Waals surface area contributed by atoms with Crippen molar-refractivity contribution in [2.75, 3.05) is 49.6 Å². The van der Waals surface area contributed by atoms with Gasteiger partial charge in [0.25, 0.3) is 5.91 Å². The molecule has 0 aliphatic carbocycles. The summed E-state index contributed by atoms with van der Waals surface area (Å²) >= 11 is 0. The van der Waals surface area contributed by atoms with Crippen molar-refractivity contribution in [3.05, 3.63) is 60.2 Å². The maximum atomic E-state index is 13.8. The normalized spacial score (nSPS) is 17.0. The molecule has 0 saturated carbocycles. The van der Waals surface area contributed by atoms with Crippen LogP contribution >= 0.6 is 0 Å². The van der Waals surface area contributed by atoms with Crippen LogP contribution in [-0.2, 0) is 16.0 Å². The maximum Gasteiger partial charge on any atom is 0.321 e. The molecule has 2 aliphatic heterocycles. The number of likely N-dealkylation sites (N-methyl/N-ethyl adjacent to an activating group) is 1. The Morgan fingerprint density at radius 1 is 0.944 bits per heavy atom. The van der Waals surface area contributed by atoms with Crippen LogP contribution in [-0.4, -0.2) is 77.5 Å². The van der Waals surface area contributed by atoms with Gasteiger partial charge in [0.05, 0.1) is 6.67 Å². The summed E-state index contributed by atoms with van der Waals surface area (Å²) in [6.45, 7) is 8.61. The second-order valence-corrected chi connectivity index (χ2v) is 9.47. The van der Waals surface area contributed by atoms with Crippen LogP contribution < -0.4 is 10.2 Å². The van der Waals surface area contributed by atoms with Crippen LogP contribution in [0.15, 0.2) is 54.6 Å². The zero-order chi connectivity index (χ0) is 25.7. The van der Waals surface area contributed by atoms with E-state index in [1.807, 2.05) is 68.4 Å². The van der Waals surface area contributed by atoms with Crippen LogP contribution in [0.1, 0.15) is 39.2 Å². The van der Waals surface area contributed by atoms with E-state index in [-0.39, 0.29) is 24.4 Å². The molecule has 2 aliphatic rings. The molecule has 2 saturated heterocycles. The van der Waals surface area contributed by atoms with E-state index in [2.05, 4.69) is 17.1 Å². The first kappa shape index (κ1) is 25.5.